The Morgan fingerprint density at radius 3 is 2.50 bits per heavy atom. The molecule has 2 aliphatic rings. The topological polar surface area (TPSA) is 67.1 Å². The van der Waals surface area contributed by atoms with Gasteiger partial charge >= 0.3 is 0 Å². The van der Waals surface area contributed by atoms with E-state index in [0.717, 1.165) is 24.5 Å². The van der Waals surface area contributed by atoms with E-state index in [1.807, 2.05) is 6.20 Å². The molecule has 0 amide bonds. The van der Waals surface area contributed by atoms with E-state index >= 15 is 0 Å². The van der Waals surface area contributed by atoms with E-state index in [2.05, 4.69) is 27.2 Å². The number of anilines is 2. The van der Waals surface area contributed by atoms with Crippen LogP contribution in [0.4, 0.5) is 11.8 Å². The Morgan fingerprint density at radius 1 is 1.15 bits per heavy atom. The number of hydrogen-bond acceptors (Lipinski definition) is 5. The lowest BCUT2D eigenvalue weighted by Crippen LogP contribution is -2.41. The number of hydrazine groups is 1. The van der Waals surface area contributed by atoms with Gasteiger partial charge in [0.1, 0.15) is 5.82 Å². The maximum absolute atomic E-state index is 5.42. The highest BCUT2D eigenvalue weighted by Gasteiger charge is 2.36. The molecule has 1 saturated carbocycles. The van der Waals surface area contributed by atoms with Gasteiger partial charge in [-0.15, -0.1) is 0 Å². The summed E-state index contributed by atoms with van der Waals surface area (Å²) >= 11 is 0. The molecular weight excluding hydrogens is 250 g/mol. The smallest absolute Gasteiger partial charge is 0.239 e. The van der Waals surface area contributed by atoms with Crippen LogP contribution in [0.2, 0.25) is 0 Å². The highest BCUT2D eigenvalue weighted by atomic mass is 15.3. The Labute approximate surface area is 120 Å². The number of hydrogen-bond donors (Lipinski definition) is 2. The van der Waals surface area contributed by atoms with E-state index in [1.54, 1.807) is 0 Å². The largest absolute Gasteiger partial charge is 0.356 e. The van der Waals surface area contributed by atoms with Crippen molar-refractivity contribution in [2.75, 3.05) is 23.4 Å². The SMILES string of the molecule is Cc1cnc(NN)nc1N1CCC2(CCCCC2)CC1. The Morgan fingerprint density at radius 2 is 1.85 bits per heavy atom. The molecule has 5 heteroatoms. The molecule has 0 aromatic carbocycles. The summed E-state index contributed by atoms with van der Waals surface area (Å²) < 4.78 is 0. The summed E-state index contributed by atoms with van der Waals surface area (Å²) in [5.74, 6) is 6.96. The van der Waals surface area contributed by atoms with Crippen LogP contribution >= 0.6 is 0 Å². The molecular formula is C15H25N5. The summed E-state index contributed by atoms with van der Waals surface area (Å²) in [4.78, 5) is 11.1. The van der Waals surface area contributed by atoms with Crippen molar-refractivity contribution in [3.8, 4) is 0 Å². The summed E-state index contributed by atoms with van der Waals surface area (Å²) in [5, 5.41) is 0. The third kappa shape index (κ3) is 2.59. The molecule has 1 spiro atoms. The second-order valence-corrected chi connectivity index (χ2v) is 6.39. The quantitative estimate of drug-likeness (QED) is 0.641. The van der Waals surface area contributed by atoms with Crippen LogP contribution in [0.15, 0.2) is 6.20 Å². The summed E-state index contributed by atoms with van der Waals surface area (Å²) in [7, 11) is 0. The predicted octanol–water partition coefficient (Wildman–Crippen LogP) is 2.62. The lowest BCUT2D eigenvalue weighted by Gasteiger charge is -2.44. The summed E-state index contributed by atoms with van der Waals surface area (Å²) in [5.41, 5.74) is 4.30. The molecule has 110 valence electrons. The molecule has 1 aliphatic heterocycles. The first-order valence-electron chi connectivity index (χ1n) is 7.78. The van der Waals surface area contributed by atoms with Crippen LogP contribution in [0.3, 0.4) is 0 Å². The molecule has 1 aromatic rings. The Kier molecular flexibility index (Phi) is 3.78. The highest BCUT2D eigenvalue weighted by molar-refractivity contribution is 5.49. The normalized spacial score (nSPS) is 22.0. The van der Waals surface area contributed by atoms with Crippen molar-refractivity contribution >= 4 is 11.8 Å². The summed E-state index contributed by atoms with van der Waals surface area (Å²) in [6, 6.07) is 0. The minimum absolute atomic E-state index is 0.503. The first kappa shape index (κ1) is 13.6. The number of aryl methyl sites for hydroxylation is 1. The van der Waals surface area contributed by atoms with Gasteiger partial charge in [0.15, 0.2) is 0 Å². The van der Waals surface area contributed by atoms with E-state index < -0.39 is 0 Å². The second-order valence-electron chi connectivity index (χ2n) is 6.39. The Balaban J connectivity index is 1.71. The van der Waals surface area contributed by atoms with Gasteiger partial charge in [-0.2, -0.15) is 4.98 Å². The molecule has 0 unspecified atom stereocenters. The molecule has 20 heavy (non-hydrogen) atoms. The van der Waals surface area contributed by atoms with Gasteiger partial charge in [0.25, 0.3) is 0 Å². The van der Waals surface area contributed by atoms with E-state index in [4.69, 9.17) is 5.84 Å². The van der Waals surface area contributed by atoms with Crippen molar-refractivity contribution in [1.82, 2.24) is 9.97 Å². The van der Waals surface area contributed by atoms with Gasteiger partial charge in [0.05, 0.1) is 0 Å². The zero-order valence-electron chi connectivity index (χ0n) is 12.4. The Hall–Kier alpha value is -1.36. The van der Waals surface area contributed by atoms with Gasteiger partial charge in [-0.1, -0.05) is 19.3 Å². The van der Waals surface area contributed by atoms with Crippen LogP contribution in [-0.4, -0.2) is 23.1 Å². The van der Waals surface area contributed by atoms with Crippen LogP contribution in [0, 0.1) is 12.3 Å². The zero-order chi connectivity index (χ0) is 14.0. The van der Waals surface area contributed by atoms with Gasteiger partial charge in [-0.25, -0.2) is 10.8 Å². The molecule has 0 atom stereocenters. The van der Waals surface area contributed by atoms with Crippen LogP contribution in [-0.2, 0) is 0 Å². The van der Waals surface area contributed by atoms with Crippen molar-refractivity contribution in [2.45, 2.75) is 51.9 Å². The standard InChI is InChI=1S/C15H25N5/c1-12-11-17-14(19-16)18-13(12)20-9-7-15(8-10-20)5-3-2-4-6-15/h11H,2-10,16H2,1H3,(H,17,18,19). The third-order valence-electron chi connectivity index (χ3n) is 5.11. The fourth-order valence-electron chi connectivity index (χ4n) is 3.82. The Bertz CT molecular complexity index is 457. The molecule has 1 aromatic heterocycles. The third-order valence-corrected chi connectivity index (χ3v) is 5.11. The molecule has 0 radical (unpaired) electrons. The van der Waals surface area contributed by atoms with E-state index in [9.17, 15) is 0 Å². The first-order chi connectivity index (χ1) is 9.72. The van der Waals surface area contributed by atoms with Gasteiger partial charge in [-0.05, 0) is 38.0 Å². The number of nitrogens with one attached hydrogen (secondary N) is 1. The first-order valence-corrected chi connectivity index (χ1v) is 7.78. The number of nitrogen functional groups attached to an aromatic ring is 1. The minimum Gasteiger partial charge on any atom is -0.356 e. The number of piperidine rings is 1. The van der Waals surface area contributed by atoms with Crippen molar-refractivity contribution in [3.05, 3.63) is 11.8 Å². The maximum atomic E-state index is 5.42. The van der Waals surface area contributed by atoms with Crippen molar-refractivity contribution in [2.24, 2.45) is 11.3 Å². The number of nitrogens with zero attached hydrogens (tertiary/aromatic N) is 3. The fourth-order valence-corrected chi connectivity index (χ4v) is 3.82. The minimum atomic E-state index is 0.503. The van der Waals surface area contributed by atoms with E-state index in [0.29, 0.717) is 11.4 Å². The summed E-state index contributed by atoms with van der Waals surface area (Å²) in [6.45, 7) is 4.30. The van der Waals surface area contributed by atoms with E-state index in [-0.39, 0.29) is 0 Å². The van der Waals surface area contributed by atoms with Crippen LogP contribution < -0.4 is 16.2 Å². The van der Waals surface area contributed by atoms with Crippen LogP contribution in [0.5, 0.6) is 0 Å². The van der Waals surface area contributed by atoms with Crippen molar-refractivity contribution in [3.63, 3.8) is 0 Å². The number of nitrogens with two attached hydrogens (primary N) is 1. The lowest BCUT2D eigenvalue weighted by molar-refractivity contribution is 0.144. The fraction of sp³-hybridized carbons (Fsp3) is 0.733. The van der Waals surface area contributed by atoms with Gasteiger partial charge < -0.3 is 4.90 Å². The number of aromatic nitrogens is 2. The van der Waals surface area contributed by atoms with Crippen molar-refractivity contribution in [1.29, 1.82) is 0 Å². The molecule has 2 heterocycles. The average Bonchev–Trinajstić information content (AvgIpc) is 2.50. The molecule has 5 nitrogen and oxygen atoms in total. The average molecular weight is 275 g/mol. The monoisotopic (exact) mass is 275 g/mol. The van der Waals surface area contributed by atoms with Crippen molar-refractivity contribution < 1.29 is 0 Å². The van der Waals surface area contributed by atoms with Gasteiger partial charge in [-0.3, -0.25) is 5.43 Å². The maximum Gasteiger partial charge on any atom is 0.239 e. The highest BCUT2D eigenvalue weighted by Crippen LogP contribution is 2.45. The zero-order valence-corrected chi connectivity index (χ0v) is 12.4. The van der Waals surface area contributed by atoms with Crippen LogP contribution in [0.25, 0.3) is 0 Å². The molecule has 3 N–H and O–H groups in total. The molecule has 1 aliphatic carbocycles. The predicted molar refractivity (Wildman–Crippen MR) is 81.5 cm³/mol. The molecule has 3 rings (SSSR count). The van der Waals surface area contributed by atoms with Crippen LogP contribution in [0.1, 0.15) is 50.5 Å². The molecule has 2 fully saturated rings. The molecule has 1 saturated heterocycles. The second kappa shape index (κ2) is 5.56. The summed E-state index contributed by atoms with van der Waals surface area (Å²) in [6.07, 6.45) is 11.6. The molecule has 0 bridgehead atoms. The number of rotatable bonds is 2. The van der Waals surface area contributed by atoms with Gasteiger partial charge in [0.2, 0.25) is 5.95 Å². The lowest BCUT2D eigenvalue weighted by atomic mass is 9.68. The van der Waals surface area contributed by atoms with E-state index in [1.165, 1.54) is 44.9 Å². The van der Waals surface area contributed by atoms with Gasteiger partial charge in [0, 0.05) is 24.8 Å².